The van der Waals surface area contributed by atoms with Crippen LogP contribution in [-0.2, 0) is 32.2 Å². The zero-order valence-electron chi connectivity index (χ0n) is 19.8. The van der Waals surface area contributed by atoms with E-state index in [2.05, 4.69) is 17.2 Å². The molecular formula is C25H33N5O4. The van der Waals surface area contributed by atoms with Gasteiger partial charge in [0.1, 0.15) is 0 Å². The first-order chi connectivity index (χ1) is 16.4. The highest BCUT2D eigenvalue weighted by Gasteiger charge is 2.43. The van der Waals surface area contributed by atoms with Gasteiger partial charge in [0.05, 0.1) is 24.3 Å². The number of nitrogens with one attached hydrogen (secondary N) is 1. The van der Waals surface area contributed by atoms with Crippen LogP contribution in [-0.4, -0.2) is 54.3 Å². The summed E-state index contributed by atoms with van der Waals surface area (Å²) >= 11 is 0. The van der Waals surface area contributed by atoms with Crippen LogP contribution in [0.2, 0.25) is 0 Å². The van der Waals surface area contributed by atoms with Crippen LogP contribution in [0.15, 0.2) is 42.6 Å². The Balaban J connectivity index is 1.74. The fourth-order valence-electron chi connectivity index (χ4n) is 4.06. The molecule has 34 heavy (non-hydrogen) atoms. The SMILES string of the molecule is CCc1ccc(N(C=O)OCC2(C(=O)NCc3cccnc3C)CCN(C(=O)CN)CC2)cc1. The molecule has 0 spiro atoms. The van der Waals surface area contributed by atoms with Gasteiger partial charge in [-0.2, -0.15) is 5.06 Å². The van der Waals surface area contributed by atoms with Crippen molar-refractivity contribution in [2.24, 2.45) is 11.1 Å². The topological polar surface area (TPSA) is 118 Å². The smallest absolute Gasteiger partial charge is 0.238 e. The number of aromatic nitrogens is 1. The van der Waals surface area contributed by atoms with Gasteiger partial charge < -0.3 is 16.0 Å². The van der Waals surface area contributed by atoms with Crippen molar-refractivity contribution in [2.45, 2.75) is 39.7 Å². The summed E-state index contributed by atoms with van der Waals surface area (Å²) in [6.07, 6.45) is 4.00. The highest BCUT2D eigenvalue weighted by Crippen LogP contribution is 2.33. The summed E-state index contributed by atoms with van der Waals surface area (Å²) < 4.78 is 0. The zero-order valence-corrected chi connectivity index (χ0v) is 19.8. The van der Waals surface area contributed by atoms with Crippen LogP contribution in [0.3, 0.4) is 0 Å². The average Bonchev–Trinajstić information content (AvgIpc) is 2.88. The summed E-state index contributed by atoms with van der Waals surface area (Å²) in [6, 6.07) is 11.2. The van der Waals surface area contributed by atoms with Crippen LogP contribution >= 0.6 is 0 Å². The molecule has 0 atom stereocenters. The second-order valence-corrected chi connectivity index (χ2v) is 8.52. The van der Waals surface area contributed by atoms with Gasteiger partial charge in [0.25, 0.3) is 0 Å². The molecule has 2 heterocycles. The van der Waals surface area contributed by atoms with Gasteiger partial charge in [-0.1, -0.05) is 25.1 Å². The van der Waals surface area contributed by atoms with E-state index in [-0.39, 0.29) is 25.0 Å². The van der Waals surface area contributed by atoms with Gasteiger partial charge in [-0.25, -0.2) is 0 Å². The zero-order chi connectivity index (χ0) is 24.6. The standard InChI is InChI=1S/C25H33N5O4/c1-3-20-6-8-22(9-7-20)30(18-31)34-17-25(10-13-29(14-11-25)23(32)15-26)24(33)28-16-21-5-4-12-27-19(21)2/h4-9,12,18H,3,10-11,13-17,26H2,1-2H3,(H,28,33). The molecule has 2 aromatic rings. The van der Waals surface area contributed by atoms with Crippen molar-refractivity contribution in [1.82, 2.24) is 15.2 Å². The van der Waals surface area contributed by atoms with Gasteiger partial charge in [0.2, 0.25) is 18.2 Å². The molecule has 1 saturated heterocycles. The Morgan fingerprint density at radius 1 is 1.24 bits per heavy atom. The first-order valence-electron chi connectivity index (χ1n) is 11.6. The van der Waals surface area contributed by atoms with Gasteiger partial charge in [0, 0.05) is 31.5 Å². The maximum Gasteiger partial charge on any atom is 0.238 e. The van der Waals surface area contributed by atoms with E-state index in [0.29, 0.717) is 44.6 Å². The average molecular weight is 468 g/mol. The number of rotatable bonds is 10. The van der Waals surface area contributed by atoms with E-state index in [1.165, 1.54) is 0 Å². The van der Waals surface area contributed by atoms with Crippen LogP contribution in [0.25, 0.3) is 0 Å². The van der Waals surface area contributed by atoms with E-state index in [1.54, 1.807) is 11.1 Å². The van der Waals surface area contributed by atoms with E-state index in [1.807, 2.05) is 43.3 Å². The molecule has 3 N–H and O–H groups in total. The molecule has 1 aliphatic heterocycles. The van der Waals surface area contributed by atoms with E-state index < -0.39 is 5.41 Å². The Kier molecular flexibility index (Phi) is 8.72. The van der Waals surface area contributed by atoms with Crippen LogP contribution in [0.1, 0.15) is 36.6 Å². The molecule has 182 valence electrons. The van der Waals surface area contributed by atoms with Gasteiger partial charge >= 0.3 is 0 Å². The summed E-state index contributed by atoms with van der Waals surface area (Å²) in [4.78, 5) is 49.0. The first kappa shape index (κ1) is 25.3. The molecule has 0 radical (unpaired) electrons. The monoisotopic (exact) mass is 467 g/mol. The lowest BCUT2D eigenvalue weighted by Gasteiger charge is -2.40. The molecule has 3 rings (SSSR count). The van der Waals surface area contributed by atoms with Crippen LogP contribution < -0.4 is 16.1 Å². The highest BCUT2D eigenvalue weighted by atomic mass is 16.7. The summed E-state index contributed by atoms with van der Waals surface area (Å²) in [5, 5.41) is 4.16. The predicted molar refractivity (Wildman–Crippen MR) is 128 cm³/mol. The molecule has 0 saturated carbocycles. The number of nitrogens with zero attached hydrogens (tertiary/aromatic N) is 3. The van der Waals surface area contributed by atoms with Crippen molar-refractivity contribution < 1.29 is 19.2 Å². The number of benzene rings is 1. The van der Waals surface area contributed by atoms with Crippen LogP contribution in [0.5, 0.6) is 0 Å². The highest BCUT2D eigenvalue weighted by molar-refractivity contribution is 5.84. The Labute approximate surface area is 200 Å². The van der Waals surface area contributed by atoms with Crippen molar-refractivity contribution in [2.75, 3.05) is 31.3 Å². The van der Waals surface area contributed by atoms with Crippen LogP contribution in [0.4, 0.5) is 5.69 Å². The van der Waals surface area contributed by atoms with Crippen molar-refractivity contribution in [3.05, 3.63) is 59.4 Å². The summed E-state index contributed by atoms with van der Waals surface area (Å²) in [5.41, 5.74) is 8.12. The minimum atomic E-state index is -0.897. The third kappa shape index (κ3) is 5.98. The second kappa shape index (κ2) is 11.7. The number of amides is 3. The predicted octanol–water partition coefficient (Wildman–Crippen LogP) is 1.73. The van der Waals surface area contributed by atoms with Gasteiger partial charge in [0.15, 0.2) is 0 Å². The molecule has 1 aromatic carbocycles. The second-order valence-electron chi connectivity index (χ2n) is 8.52. The lowest BCUT2D eigenvalue weighted by atomic mass is 9.78. The molecule has 1 fully saturated rings. The lowest BCUT2D eigenvalue weighted by Crippen LogP contribution is -2.53. The summed E-state index contributed by atoms with van der Waals surface area (Å²) in [5.74, 6) is -0.325. The minimum Gasteiger partial charge on any atom is -0.351 e. The third-order valence-electron chi connectivity index (χ3n) is 6.46. The number of carbonyl (C=O) groups excluding carboxylic acids is 3. The van der Waals surface area contributed by atoms with E-state index >= 15 is 0 Å². The van der Waals surface area contributed by atoms with Crippen molar-refractivity contribution in [1.29, 1.82) is 0 Å². The fourth-order valence-corrected chi connectivity index (χ4v) is 4.06. The van der Waals surface area contributed by atoms with Gasteiger partial charge in [-0.15, -0.1) is 0 Å². The Hall–Kier alpha value is -3.30. The number of hydroxylamine groups is 1. The lowest BCUT2D eigenvalue weighted by molar-refractivity contribution is -0.145. The fraction of sp³-hybridized carbons (Fsp3) is 0.440. The molecule has 3 amide bonds. The Morgan fingerprint density at radius 3 is 2.53 bits per heavy atom. The number of carbonyl (C=O) groups is 3. The molecule has 0 bridgehead atoms. The van der Waals surface area contributed by atoms with Crippen molar-refractivity contribution in [3.8, 4) is 0 Å². The Bertz CT molecular complexity index is 987. The molecule has 0 unspecified atom stereocenters. The Morgan fingerprint density at radius 2 is 1.94 bits per heavy atom. The number of aryl methyl sites for hydroxylation is 2. The third-order valence-corrected chi connectivity index (χ3v) is 6.46. The van der Waals surface area contributed by atoms with Gasteiger partial charge in [-0.05, 0) is 55.5 Å². The molecule has 0 aliphatic carbocycles. The quantitative estimate of drug-likeness (QED) is 0.406. The van der Waals surface area contributed by atoms with E-state index in [4.69, 9.17) is 10.6 Å². The maximum absolute atomic E-state index is 13.4. The number of nitrogens with two attached hydrogens (primary N) is 1. The van der Waals surface area contributed by atoms with E-state index in [9.17, 15) is 14.4 Å². The largest absolute Gasteiger partial charge is 0.351 e. The molecule has 9 nitrogen and oxygen atoms in total. The summed E-state index contributed by atoms with van der Waals surface area (Å²) in [6.45, 7) is 5.01. The molecule has 1 aromatic heterocycles. The van der Waals surface area contributed by atoms with Crippen molar-refractivity contribution in [3.63, 3.8) is 0 Å². The number of anilines is 1. The number of hydrogen-bond donors (Lipinski definition) is 2. The first-order valence-corrected chi connectivity index (χ1v) is 11.6. The number of piperidine rings is 1. The number of likely N-dealkylation sites (tertiary alicyclic amines) is 1. The minimum absolute atomic E-state index is 0.00375. The summed E-state index contributed by atoms with van der Waals surface area (Å²) in [7, 11) is 0. The van der Waals surface area contributed by atoms with Gasteiger partial charge in [-0.3, -0.25) is 24.2 Å². The van der Waals surface area contributed by atoms with E-state index in [0.717, 1.165) is 28.3 Å². The van der Waals surface area contributed by atoms with Crippen LogP contribution in [0, 0.1) is 12.3 Å². The molecule has 9 heteroatoms. The number of pyridine rings is 1. The number of hydrogen-bond acceptors (Lipinski definition) is 6. The molecular weight excluding hydrogens is 434 g/mol. The normalized spacial score (nSPS) is 15.0. The maximum atomic E-state index is 13.4. The van der Waals surface area contributed by atoms with Crippen molar-refractivity contribution >= 4 is 23.9 Å². The molecule has 1 aliphatic rings.